The molecule has 2 aromatic rings. The van der Waals surface area contributed by atoms with Crippen LogP contribution < -0.4 is 0 Å². The molecule has 0 N–H and O–H groups in total. The standard InChI is InChI=1S/C16H14ClNO2S/c1-10(20-14-7-6-13(19)8-14)15-9-18-16(21-15)11-2-4-12(17)5-3-11/h2-5,8-10H,6-7H2,1H3. The van der Waals surface area contributed by atoms with Crippen molar-refractivity contribution in [3.8, 4) is 10.6 Å². The van der Waals surface area contributed by atoms with Crippen molar-refractivity contribution in [1.82, 2.24) is 4.98 Å². The van der Waals surface area contributed by atoms with Crippen LogP contribution in [0.3, 0.4) is 0 Å². The lowest BCUT2D eigenvalue weighted by atomic mass is 10.2. The Hall–Kier alpha value is -1.65. The van der Waals surface area contributed by atoms with Crippen LogP contribution in [-0.4, -0.2) is 10.8 Å². The van der Waals surface area contributed by atoms with Crippen molar-refractivity contribution in [3.63, 3.8) is 0 Å². The first-order valence-electron chi connectivity index (χ1n) is 6.73. The molecular formula is C16H14ClNO2S. The Labute approximate surface area is 132 Å². The van der Waals surface area contributed by atoms with Gasteiger partial charge in [0.05, 0.1) is 4.88 Å². The van der Waals surface area contributed by atoms with E-state index in [4.69, 9.17) is 16.3 Å². The highest BCUT2D eigenvalue weighted by atomic mass is 35.5. The molecule has 0 aliphatic heterocycles. The number of nitrogens with zero attached hydrogens (tertiary/aromatic N) is 1. The smallest absolute Gasteiger partial charge is 0.159 e. The third kappa shape index (κ3) is 3.34. The summed E-state index contributed by atoms with van der Waals surface area (Å²) in [7, 11) is 0. The van der Waals surface area contributed by atoms with Gasteiger partial charge in [0.25, 0.3) is 0 Å². The molecule has 3 nitrogen and oxygen atoms in total. The highest BCUT2D eigenvalue weighted by Crippen LogP contribution is 2.33. The predicted octanol–water partition coefficient (Wildman–Crippen LogP) is 4.79. The molecule has 1 aromatic carbocycles. The van der Waals surface area contributed by atoms with Gasteiger partial charge in [0, 0.05) is 35.7 Å². The molecule has 1 atom stereocenters. The van der Waals surface area contributed by atoms with Crippen molar-refractivity contribution in [2.24, 2.45) is 0 Å². The molecule has 21 heavy (non-hydrogen) atoms. The van der Waals surface area contributed by atoms with Crippen LogP contribution in [0.5, 0.6) is 0 Å². The van der Waals surface area contributed by atoms with Crippen LogP contribution in [0.15, 0.2) is 42.3 Å². The van der Waals surface area contributed by atoms with Gasteiger partial charge in [-0.2, -0.15) is 0 Å². The molecule has 0 amide bonds. The average Bonchev–Trinajstić information content (AvgIpc) is 3.09. The van der Waals surface area contributed by atoms with Crippen LogP contribution in [0, 0.1) is 0 Å². The fourth-order valence-corrected chi connectivity index (χ4v) is 3.18. The van der Waals surface area contributed by atoms with Crippen molar-refractivity contribution >= 4 is 28.7 Å². The molecule has 0 bridgehead atoms. The summed E-state index contributed by atoms with van der Waals surface area (Å²) in [5.41, 5.74) is 1.04. The minimum atomic E-state index is -0.0966. The van der Waals surface area contributed by atoms with Crippen molar-refractivity contribution in [3.05, 3.63) is 52.2 Å². The summed E-state index contributed by atoms with van der Waals surface area (Å²) in [5, 5.41) is 1.65. The minimum absolute atomic E-state index is 0.0966. The first-order chi connectivity index (χ1) is 10.1. The molecule has 3 rings (SSSR count). The second-order valence-corrected chi connectivity index (χ2v) is 6.41. The number of halogens is 1. The Bertz CT molecular complexity index is 691. The van der Waals surface area contributed by atoms with E-state index in [1.165, 1.54) is 0 Å². The van der Waals surface area contributed by atoms with E-state index in [0.29, 0.717) is 17.9 Å². The zero-order valence-corrected chi connectivity index (χ0v) is 13.1. The van der Waals surface area contributed by atoms with E-state index in [2.05, 4.69) is 4.98 Å². The van der Waals surface area contributed by atoms with Crippen LogP contribution in [0.25, 0.3) is 10.6 Å². The third-order valence-electron chi connectivity index (χ3n) is 3.28. The van der Waals surface area contributed by atoms with E-state index in [1.807, 2.05) is 37.4 Å². The summed E-state index contributed by atoms with van der Waals surface area (Å²) in [4.78, 5) is 16.7. The number of carbonyl (C=O) groups is 1. The highest BCUT2D eigenvalue weighted by molar-refractivity contribution is 7.15. The first kappa shape index (κ1) is 14.3. The second kappa shape index (κ2) is 6.00. The number of hydrogen-bond acceptors (Lipinski definition) is 4. The van der Waals surface area contributed by atoms with Crippen molar-refractivity contribution in [2.75, 3.05) is 0 Å². The SMILES string of the molecule is CC(OC1=CC(=O)CC1)c1cnc(-c2ccc(Cl)cc2)s1. The summed E-state index contributed by atoms with van der Waals surface area (Å²) >= 11 is 7.48. The maximum absolute atomic E-state index is 11.2. The normalized spacial score (nSPS) is 15.9. The van der Waals surface area contributed by atoms with Gasteiger partial charge in [-0.05, 0) is 19.1 Å². The van der Waals surface area contributed by atoms with Crippen LogP contribution in [0.1, 0.15) is 30.7 Å². The lowest BCUT2D eigenvalue weighted by Crippen LogP contribution is -1.96. The zero-order valence-electron chi connectivity index (χ0n) is 11.5. The number of hydrogen-bond donors (Lipinski definition) is 0. The van der Waals surface area contributed by atoms with E-state index in [1.54, 1.807) is 17.4 Å². The fourth-order valence-electron chi connectivity index (χ4n) is 2.15. The Morgan fingerprint density at radius 1 is 1.29 bits per heavy atom. The molecule has 0 radical (unpaired) electrons. The predicted molar refractivity (Wildman–Crippen MR) is 84.4 cm³/mol. The highest BCUT2D eigenvalue weighted by Gasteiger charge is 2.18. The van der Waals surface area contributed by atoms with Crippen LogP contribution in [-0.2, 0) is 9.53 Å². The maximum Gasteiger partial charge on any atom is 0.159 e. The number of ketones is 1. The molecule has 0 spiro atoms. The molecule has 0 saturated carbocycles. The lowest BCUT2D eigenvalue weighted by molar-refractivity contribution is -0.114. The van der Waals surface area contributed by atoms with Gasteiger partial charge in [0.15, 0.2) is 5.78 Å². The second-order valence-electron chi connectivity index (χ2n) is 4.91. The summed E-state index contributed by atoms with van der Waals surface area (Å²) < 4.78 is 5.83. The van der Waals surface area contributed by atoms with Crippen LogP contribution in [0.4, 0.5) is 0 Å². The van der Waals surface area contributed by atoms with Crippen molar-refractivity contribution in [2.45, 2.75) is 25.9 Å². The molecule has 1 aromatic heterocycles. The first-order valence-corrected chi connectivity index (χ1v) is 7.93. The van der Waals surface area contributed by atoms with Gasteiger partial charge in [-0.1, -0.05) is 23.7 Å². The van der Waals surface area contributed by atoms with Crippen molar-refractivity contribution in [1.29, 1.82) is 0 Å². The Morgan fingerprint density at radius 2 is 2.05 bits per heavy atom. The lowest BCUT2D eigenvalue weighted by Gasteiger charge is -2.12. The molecule has 0 saturated heterocycles. The largest absolute Gasteiger partial charge is 0.489 e. The number of carbonyl (C=O) groups excluding carboxylic acids is 1. The quantitative estimate of drug-likeness (QED) is 0.813. The van der Waals surface area contributed by atoms with E-state index in [-0.39, 0.29) is 11.9 Å². The maximum atomic E-state index is 11.2. The molecular weight excluding hydrogens is 306 g/mol. The van der Waals surface area contributed by atoms with Gasteiger partial charge < -0.3 is 4.74 Å². The molecule has 1 aliphatic rings. The minimum Gasteiger partial charge on any atom is -0.489 e. The molecule has 5 heteroatoms. The monoisotopic (exact) mass is 319 g/mol. The van der Waals surface area contributed by atoms with E-state index < -0.39 is 0 Å². The summed E-state index contributed by atoms with van der Waals surface area (Å²) in [6, 6.07) is 7.61. The van der Waals surface area contributed by atoms with E-state index in [9.17, 15) is 4.79 Å². The van der Waals surface area contributed by atoms with E-state index >= 15 is 0 Å². The summed E-state index contributed by atoms with van der Waals surface area (Å²) in [5.74, 6) is 0.914. The fraction of sp³-hybridized carbons (Fsp3) is 0.250. The van der Waals surface area contributed by atoms with Gasteiger partial charge >= 0.3 is 0 Å². The number of rotatable bonds is 4. The number of aromatic nitrogens is 1. The molecule has 108 valence electrons. The summed E-state index contributed by atoms with van der Waals surface area (Å²) in [6.07, 6.45) is 4.59. The van der Waals surface area contributed by atoms with Crippen molar-refractivity contribution < 1.29 is 9.53 Å². The topological polar surface area (TPSA) is 39.2 Å². The Balaban J connectivity index is 1.73. The van der Waals surface area contributed by atoms with Gasteiger partial charge in [0.1, 0.15) is 16.9 Å². The van der Waals surface area contributed by atoms with Crippen LogP contribution >= 0.6 is 22.9 Å². The number of allylic oxidation sites excluding steroid dienone is 2. The summed E-state index contributed by atoms with van der Waals surface area (Å²) in [6.45, 7) is 1.97. The number of thiazole rings is 1. The van der Waals surface area contributed by atoms with Gasteiger partial charge in [-0.15, -0.1) is 11.3 Å². The molecule has 1 aliphatic carbocycles. The Morgan fingerprint density at radius 3 is 2.71 bits per heavy atom. The van der Waals surface area contributed by atoms with Gasteiger partial charge in [-0.25, -0.2) is 4.98 Å². The van der Waals surface area contributed by atoms with Crippen LogP contribution in [0.2, 0.25) is 5.02 Å². The van der Waals surface area contributed by atoms with E-state index in [0.717, 1.165) is 21.2 Å². The molecule has 1 heterocycles. The average molecular weight is 320 g/mol. The number of benzene rings is 1. The molecule has 1 unspecified atom stereocenters. The molecule has 0 fully saturated rings. The zero-order chi connectivity index (χ0) is 14.8. The van der Waals surface area contributed by atoms with Gasteiger partial charge in [-0.3, -0.25) is 4.79 Å². The number of ether oxygens (including phenoxy) is 1. The third-order valence-corrected chi connectivity index (χ3v) is 4.74. The Kier molecular flexibility index (Phi) is 4.08. The van der Waals surface area contributed by atoms with Gasteiger partial charge in [0.2, 0.25) is 0 Å².